The molecule has 2 N–H and O–H groups in total. The highest BCUT2D eigenvalue weighted by atomic mass is 16.5. The summed E-state index contributed by atoms with van der Waals surface area (Å²) in [6.07, 6.45) is 2.15. The Balaban J connectivity index is 1.44. The Labute approximate surface area is 206 Å². The van der Waals surface area contributed by atoms with E-state index in [0.29, 0.717) is 19.4 Å². The zero-order chi connectivity index (χ0) is 24.9. The van der Waals surface area contributed by atoms with E-state index < -0.39 is 18.1 Å². The maximum atomic E-state index is 13.4. The number of amides is 2. The van der Waals surface area contributed by atoms with Crippen molar-refractivity contribution in [3.8, 4) is 11.1 Å². The van der Waals surface area contributed by atoms with Gasteiger partial charge in [-0.2, -0.15) is 0 Å². The summed E-state index contributed by atoms with van der Waals surface area (Å²) >= 11 is 0. The van der Waals surface area contributed by atoms with Crippen LogP contribution in [0.25, 0.3) is 11.1 Å². The van der Waals surface area contributed by atoms with E-state index in [1.165, 1.54) is 0 Å². The number of aliphatic carboxylic acids is 1. The van der Waals surface area contributed by atoms with Gasteiger partial charge in [-0.15, -0.1) is 0 Å². The van der Waals surface area contributed by atoms with Gasteiger partial charge in [-0.1, -0.05) is 62.4 Å². The molecule has 1 aliphatic heterocycles. The highest BCUT2D eigenvalue weighted by Crippen LogP contribution is 2.44. The fraction of sp³-hybridized carbons (Fsp3) is 0.464. The molecule has 0 bridgehead atoms. The molecular weight excluding hydrogens is 444 g/mol. The number of alkyl carbamates (subject to hydrolysis) is 1. The van der Waals surface area contributed by atoms with Crippen LogP contribution < -0.4 is 5.32 Å². The molecule has 2 amide bonds. The van der Waals surface area contributed by atoms with E-state index in [1.807, 2.05) is 38.1 Å². The van der Waals surface area contributed by atoms with Gasteiger partial charge in [-0.05, 0) is 53.9 Å². The Bertz CT molecular complexity index is 1040. The number of benzene rings is 2. The van der Waals surface area contributed by atoms with E-state index in [4.69, 9.17) is 4.74 Å². The summed E-state index contributed by atoms with van der Waals surface area (Å²) in [6, 6.07) is 15.2. The number of rotatable bonds is 8. The third-order valence-electron chi connectivity index (χ3n) is 6.96. The molecule has 0 radical (unpaired) electrons. The zero-order valence-corrected chi connectivity index (χ0v) is 20.4. The lowest BCUT2D eigenvalue weighted by Gasteiger charge is -2.37. The van der Waals surface area contributed by atoms with E-state index in [2.05, 4.69) is 29.6 Å². The first kappa shape index (κ1) is 24.8. The van der Waals surface area contributed by atoms with Crippen LogP contribution in [-0.4, -0.2) is 53.2 Å². The molecule has 4 rings (SSSR count). The van der Waals surface area contributed by atoms with Crippen molar-refractivity contribution in [1.82, 2.24) is 10.2 Å². The number of likely N-dealkylation sites (tertiary alicyclic amines) is 1. The molecular formula is C28H34N2O5. The highest BCUT2D eigenvalue weighted by molar-refractivity contribution is 5.86. The number of carbonyl (C=O) groups excluding carboxylic acids is 2. The Morgan fingerprint density at radius 3 is 2.26 bits per heavy atom. The number of carboxylic acids is 1. The molecule has 1 fully saturated rings. The van der Waals surface area contributed by atoms with Gasteiger partial charge in [0.05, 0.1) is 6.42 Å². The quantitative estimate of drug-likeness (QED) is 0.568. The first-order valence-electron chi connectivity index (χ1n) is 12.5. The normalized spacial score (nSPS) is 18.0. The van der Waals surface area contributed by atoms with E-state index in [1.54, 1.807) is 4.90 Å². The summed E-state index contributed by atoms with van der Waals surface area (Å²) in [5.74, 6) is -1.03. The van der Waals surface area contributed by atoms with Gasteiger partial charge >= 0.3 is 12.1 Å². The van der Waals surface area contributed by atoms with E-state index in [9.17, 15) is 19.5 Å². The van der Waals surface area contributed by atoms with Crippen LogP contribution in [0.1, 0.15) is 63.0 Å². The average Bonchev–Trinajstić information content (AvgIpc) is 3.15. The van der Waals surface area contributed by atoms with Crippen LogP contribution in [0.2, 0.25) is 0 Å². The van der Waals surface area contributed by atoms with Crippen molar-refractivity contribution >= 4 is 18.0 Å². The molecule has 7 nitrogen and oxygen atoms in total. The molecule has 0 spiro atoms. The van der Waals surface area contributed by atoms with Gasteiger partial charge in [0.15, 0.2) is 0 Å². The van der Waals surface area contributed by atoms with Crippen molar-refractivity contribution in [2.75, 3.05) is 13.2 Å². The first-order valence-corrected chi connectivity index (χ1v) is 12.5. The molecule has 1 heterocycles. The fourth-order valence-electron chi connectivity index (χ4n) is 5.38. The van der Waals surface area contributed by atoms with Crippen LogP contribution in [0.5, 0.6) is 0 Å². The molecule has 2 aromatic rings. The minimum Gasteiger partial charge on any atom is -0.481 e. The number of piperidine rings is 1. The second-order valence-electron chi connectivity index (χ2n) is 9.93. The van der Waals surface area contributed by atoms with Gasteiger partial charge < -0.3 is 20.1 Å². The van der Waals surface area contributed by atoms with Gasteiger partial charge in [0.25, 0.3) is 0 Å². The fourth-order valence-corrected chi connectivity index (χ4v) is 5.38. The van der Waals surface area contributed by atoms with Gasteiger partial charge in [0, 0.05) is 18.5 Å². The third kappa shape index (κ3) is 5.66. The second kappa shape index (κ2) is 10.9. The minimum atomic E-state index is -0.917. The summed E-state index contributed by atoms with van der Waals surface area (Å²) in [7, 11) is 0. The van der Waals surface area contributed by atoms with Crippen LogP contribution in [0.15, 0.2) is 48.5 Å². The Morgan fingerprint density at radius 1 is 1.03 bits per heavy atom. The molecule has 1 saturated heterocycles. The molecule has 2 aliphatic rings. The topological polar surface area (TPSA) is 95.9 Å². The van der Waals surface area contributed by atoms with Crippen molar-refractivity contribution in [3.63, 3.8) is 0 Å². The van der Waals surface area contributed by atoms with Crippen molar-refractivity contribution < 1.29 is 24.2 Å². The Kier molecular flexibility index (Phi) is 7.73. The van der Waals surface area contributed by atoms with E-state index in [-0.39, 0.29) is 36.8 Å². The summed E-state index contributed by atoms with van der Waals surface area (Å²) < 4.78 is 5.67. The molecule has 35 heavy (non-hydrogen) atoms. The lowest BCUT2D eigenvalue weighted by atomic mass is 9.96. The Hall–Kier alpha value is -3.35. The SMILES string of the molecule is CC(C)C[C@@H](NC(=O)OCC1c2ccccc2-c2ccccc21)C(=O)N1CCCC[C@@H]1CC(=O)O. The summed E-state index contributed by atoms with van der Waals surface area (Å²) in [4.78, 5) is 39.2. The van der Waals surface area contributed by atoms with Crippen molar-refractivity contribution in [2.24, 2.45) is 5.92 Å². The van der Waals surface area contributed by atoms with Crippen molar-refractivity contribution in [3.05, 3.63) is 59.7 Å². The van der Waals surface area contributed by atoms with E-state index in [0.717, 1.165) is 35.1 Å². The monoisotopic (exact) mass is 478 g/mol. The van der Waals surface area contributed by atoms with Crippen LogP contribution in [0.3, 0.4) is 0 Å². The van der Waals surface area contributed by atoms with Gasteiger partial charge in [0.2, 0.25) is 5.91 Å². The zero-order valence-electron chi connectivity index (χ0n) is 20.4. The van der Waals surface area contributed by atoms with Gasteiger partial charge in [-0.3, -0.25) is 9.59 Å². The summed E-state index contributed by atoms with van der Waals surface area (Å²) in [5, 5.41) is 12.1. The van der Waals surface area contributed by atoms with Crippen LogP contribution in [0, 0.1) is 5.92 Å². The molecule has 0 unspecified atom stereocenters. The lowest BCUT2D eigenvalue weighted by molar-refractivity contribution is -0.143. The molecule has 2 aromatic carbocycles. The Morgan fingerprint density at radius 2 is 1.66 bits per heavy atom. The third-order valence-corrected chi connectivity index (χ3v) is 6.96. The molecule has 186 valence electrons. The van der Waals surface area contributed by atoms with Crippen LogP contribution in [-0.2, 0) is 14.3 Å². The second-order valence-corrected chi connectivity index (χ2v) is 9.93. The maximum Gasteiger partial charge on any atom is 0.407 e. The number of hydrogen-bond donors (Lipinski definition) is 2. The number of carbonyl (C=O) groups is 3. The van der Waals surface area contributed by atoms with Gasteiger partial charge in [-0.25, -0.2) is 4.79 Å². The van der Waals surface area contributed by atoms with Crippen LogP contribution >= 0.6 is 0 Å². The predicted octanol–water partition coefficient (Wildman–Crippen LogP) is 4.80. The predicted molar refractivity (Wildman–Crippen MR) is 133 cm³/mol. The van der Waals surface area contributed by atoms with Crippen LogP contribution in [0.4, 0.5) is 4.79 Å². The lowest BCUT2D eigenvalue weighted by Crippen LogP contribution is -2.54. The van der Waals surface area contributed by atoms with Crippen molar-refractivity contribution in [2.45, 2.75) is 64.0 Å². The largest absolute Gasteiger partial charge is 0.481 e. The number of carboxylic acid groups (broad SMARTS) is 1. The highest BCUT2D eigenvalue weighted by Gasteiger charge is 2.35. The number of nitrogens with zero attached hydrogens (tertiary/aromatic N) is 1. The standard InChI is InChI=1S/C28H34N2O5/c1-18(2)15-25(27(33)30-14-8-7-9-19(30)16-26(31)32)29-28(34)35-17-24-22-12-5-3-10-20(22)21-11-4-6-13-23(21)24/h3-6,10-13,18-19,24-25H,7-9,14-17H2,1-2H3,(H,29,34)(H,31,32)/t19-,25-/m1/s1. The molecule has 0 saturated carbocycles. The first-order chi connectivity index (χ1) is 16.8. The number of ether oxygens (including phenoxy) is 1. The van der Waals surface area contributed by atoms with E-state index >= 15 is 0 Å². The molecule has 7 heteroatoms. The average molecular weight is 479 g/mol. The number of hydrogen-bond acceptors (Lipinski definition) is 4. The number of nitrogens with one attached hydrogen (secondary N) is 1. The molecule has 2 atom stereocenters. The molecule has 1 aliphatic carbocycles. The van der Waals surface area contributed by atoms with Gasteiger partial charge in [0.1, 0.15) is 12.6 Å². The number of fused-ring (bicyclic) bond motifs is 3. The minimum absolute atomic E-state index is 0.0607. The maximum absolute atomic E-state index is 13.4. The molecule has 0 aromatic heterocycles. The summed E-state index contributed by atoms with van der Waals surface area (Å²) in [5.41, 5.74) is 4.56. The summed E-state index contributed by atoms with van der Waals surface area (Å²) in [6.45, 7) is 4.67. The smallest absolute Gasteiger partial charge is 0.407 e. The van der Waals surface area contributed by atoms with Crippen molar-refractivity contribution in [1.29, 1.82) is 0 Å².